The van der Waals surface area contributed by atoms with E-state index in [-0.39, 0.29) is 0 Å². The van der Waals surface area contributed by atoms with Gasteiger partial charge in [-0.3, -0.25) is 0 Å². The largest absolute Gasteiger partial charge is 0.310 e. The van der Waals surface area contributed by atoms with Crippen molar-refractivity contribution in [3.8, 4) is 66.8 Å². The fourth-order valence-electron chi connectivity index (χ4n) is 19.1. The lowest BCUT2D eigenvalue weighted by Crippen LogP contribution is -2.11. The molecule has 22 aromatic carbocycles. The van der Waals surface area contributed by atoms with Gasteiger partial charge in [-0.1, -0.05) is 334 Å². The maximum absolute atomic E-state index is 2.54. The molecule has 0 spiro atoms. The van der Waals surface area contributed by atoms with Crippen molar-refractivity contribution in [3.63, 3.8) is 0 Å². The molecule has 0 saturated heterocycles. The molecule has 2 heterocycles. The molecule has 24 rings (SSSR count). The molecule has 4 heteroatoms. The average molecular weight is 1530 g/mol. The highest BCUT2D eigenvalue weighted by molar-refractivity contribution is 7.27. The second-order valence-electron chi connectivity index (χ2n) is 31.3. The van der Waals surface area contributed by atoms with Crippen LogP contribution in [-0.2, 0) is 0 Å². The summed E-state index contributed by atoms with van der Waals surface area (Å²) < 4.78 is 5.11. The Morgan fingerprint density at radius 1 is 0.153 bits per heavy atom. The Balaban J connectivity index is 0.598. The smallest absolute Gasteiger partial charge is 0.0555 e. The van der Waals surface area contributed by atoms with E-state index in [1.807, 2.05) is 22.7 Å². The van der Waals surface area contributed by atoms with Crippen molar-refractivity contribution in [3.05, 3.63) is 425 Å². The molecule has 0 bridgehead atoms. The average Bonchev–Trinajstić information content (AvgIpc) is 1.38. The van der Waals surface area contributed by atoms with E-state index in [1.54, 1.807) is 0 Å². The molecule has 548 valence electrons. The Morgan fingerprint density at radius 3 is 1.33 bits per heavy atom. The van der Waals surface area contributed by atoms with Gasteiger partial charge in [0.2, 0.25) is 0 Å². The highest BCUT2D eigenvalue weighted by Crippen LogP contribution is 2.53. The molecule has 0 aliphatic carbocycles. The summed E-state index contributed by atoms with van der Waals surface area (Å²) in [6, 6.07) is 159. The summed E-state index contributed by atoms with van der Waals surface area (Å²) in [5.41, 5.74) is 20.9. The lowest BCUT2D eigenvalue weighted by atomic mass is 9.90. The topological polar surface area (TPSA) is 6.48 Å². The second kappa shape index (κ2) is 27.5. The molecule has 118 heavy (non-hydrogen) atoms. The molecule has 0 aliphatic rings. The normalized spacial score (nSPS) is 11.9. The summed E-state index contributed by atoms with van der Waals surface area (Å²) in [7, 11) is 0. The van der Waals surface area contributed by atoms with E-state index in [9.17, 15) is 0 Å². The van der Waals surface area contributed by atoms with Crippen molar-refractivity contribution >= 4 is 194 Å². The van der Waals surface area contributed by atoms with E-state index in [0.29, 0.717) is 0 Å². The quantitative estimate of drug-likeness (QED) is 0.113. The second-order valence-corrected chi connectivity index (χ2v) is 33.4. The van der Waals surface area contributed by atoms with Gasteiger partial charge in [0, 0.05) is 73.7 Å². The summed E-state index contributed by atoms with van der Waals surface area (Å²) in [4.78, 5) is 5.04. The summed E-state index contributed by atoms with van der Waals surface area (Å²) in [5, 5.41) is 27.2. The van der Waals surface area contributed by atoms with Gasteiger partial charge in [-0.2, -0.15) is 0 Å². The molecule has 2 aromatic heterocycles. The van der Waals surface area contributed by atoms with Gasteiger partial charge in [0.15, 0.2) is 0 Å². The van der Waals surface area contributed by atoms with Crippen LogP contribution in [0.5, 0.6) is 0 Å². The van der Waals surface area contributed by atoms with E-state index in [4.69, 9.17) is 0 Å². The number of rotatable bonds is 12. The molecule has 0 N–H and O–H groups in total. The molecule has 0 amide bonds. The monoisotopic (exact) mass is 1530 g/mol. The molecular weight excluding hydrogens is 1460 g/mol. The van der Waals surface area contributed by atoms with E-state index in [0.717, 1.165) is 45.3 Å². The Labute approximate surface area is 690 Å². The number of fused-ring (bicyclic) bond motifs is 19. The maximum Gasteiger partial charge on any atom is 0.0555 e. The van der Waals surface area contributed by atoms with Crippen LogP contribution in [0, 0.1) is 0 Å². The third-order valence-electron chi connectivity index (χ3n) is 24.8. The van der Waals surface area contributed by atoms with E-state index in [2.05, 4.69) is 434 Å². The number of anilines is 6. The van der Waals surface area contributed by atoms with Crippen LogP contribution in [-0.4, -0.2) is 0 Å². The van der Waals surface area contributed by atoms with Gasteiger partial charge in [-0.15, -0.1) is 22.7 Å². The number of para-hydroxylation sites is 1. The third-order valence-corrected chi connectivity index (χ3v) is 27.2. The predicted molar refractivity (Wildman–Crippen MR) is 512 cm³/mol. The van der Waals surface area contributed by atoms with Crippen LogP contribution in [0.3, 0.4) is 0 Å². The van der Waals surface area contributed by atoms with Crippen LogP contribution in [0.4, 0.5) is 34.1 Å². The standard InChI is InChI=1S/C114H70N2S2/c1-5-27-88-75(20-1)24-18-38-89(88)77-49-46-71(47-50-77)79-25-17-26-85(65-79)115(108-62-61-98(95-33-13-14-36-99(95)108)104-68-82-22-3-6-28-90(82)93-31-9-11-34-96(93)104)87-58-63-110-106(70-87)101-59-55-78-51-53-81(67-103(78)114(101)117-110)73-44-42-72(43-45-73)80-52-48-74-54-57-86(66-84(74)64-80)116(109-40-19-41-111-112(109)102-60-56-76-21-2-8-30-92(76)113(102)118-111)107-39-16-15-37-100(107)105-69-83-23-4-7-29-91(83)94-32-10-12-35-97(94)105/h1-70H. The van der Waals surface area contributed by atoms with Gasteiger partial charge < -0.3 is 9.80 Å². The number of hydrogen-bond donors (Lipinski definition) is 0. The molecule has 0 radical (unpaired) electrons. The van der Waals surface area contributed by atoms with Gasteiger partial charge in [0.25, 0.3) is 0 Å². The minimum atomic E-state index is 1.08. The van der Waals surface area contributed by atoms with Crippen molar-refractivity contribution in [2.45, 2.75) is 0 Å². The summed E-state index contributed by atoms with van der Waals surface area (Å²) in [5.74, 6) is 0. The minimum Gasteiger partial charge on any atom is -0.310 e. The van der Waals surface area contributed by atoms with E-state index < -0.39 is 0 Å². The van der Waals surface area contributed by atoms with Crippen LogP contribution in [0.25, 0.3) is 204 Å². The first-order valence-corrected chi connectivity index (χ1v) is 42.2. The van der Waals surface area contributed by atoms with Gasteiger partial charge in [0.05, 0.1) is 17.1 Å². The summed E-state index contributed by atoms with van der Waals surface area (Å²) in [6.07, 6.45) is 0. The lowest BCUT2D eigenvalue weighted by Gasteiger charge is -2.29. The number of benzene rings is 22. The van der Waals surface area contributed by atoms with E-state index in [1.165, 1.54) is 193 Å². The van der Waals surface area contributed by atoms with Crippen molar-refractivity contribution in [1.29, 1.82) is 0 Å². The van der Waals surface area contributed by atoms with Gasteiger partial charge >= 0.3 is 0 Å². The van der Waals surface area contributed by atoms with Crippen LogP contribution in [0.15, 0.2) is 425 Å². The van der Waals surface area contributed by atoms with Crippen LogP contribution < -0.4 is 9.80 Å². The zero-order valence-electron chi connectivity index (χ0n) is 64.1. The number of hydrogen-bond acceptors (Lipinski definition) is 4. The summed E-state index contributed by atoms with van der Waals surface area (Å²) >= 11 is 3.78. The Morgan fingerprint density at radius 2 is 0.610 bits per heavy atom. The maximum atomic E-state index is 2.54. The first-order chi connectivity index (χ1) is 58.5. The SMILES string of the molecule is c1cc(-c2ccc(-c3cccc4ccccc34)cc2)cc(N(c2ccc3sc4c5cc(-c6ccc(-c7ccc8ccc(N(c9ccccc9-c9cc%10ccccc%10c%10ccccc9%10)c9cccc%10sc%11c%12ccccc%12ccc%11c9%10)cc8c7)cc6)ccc5ccc4c3c2)c2ccc(-c3cc4ccccc4c4ccccc34)c3ccccc23)c1. The molecule has 0 unspecified atom stereocenters. The highest BCUT2D eigenvalue weighted by atomic mass is 32.1. The van der Waals surface area contributed by atoms with Crippen LogP contribution in [0.2, 0.25) is 0 Å². The first kappa shape index (κ1) is 67.7. The lowest BCUT2D eigenvalue weighted by molar-refractivity contribution is 1.30. The van der Waals surface area contributed by atoms with Crippen molar-refractivity contribution in [2.24, 2.45) is 0 Å². The van der Waals surface area contributed by atoms with Crippen molar-refractivity contribution in [2.75, 3.05) is 9.80 Å². The van der Waals surface area contributed by atoms with Gasteiger partial charge in [0.1, 0.15) is 0 Å². The fraction of sp³-hybridized carbons (Fsp3) is 0. The van der Waals surface area contributed by atoms with Crippen LogP contribution >= 0.6 is 22.7 Å². The predicted octanol–water partition coefficient (Wildman–Crippen LogP) is 33.7. The minimum absolute atomic E-state index is 1.08. The van der Waals surface area contributed by atoms with Crippen molar-refractivity contribution < 1.29 is 0 Å². The van der Waals surface area contributed by atoms with Crippen LogP contribution in [0.1, 0.15) is 0 Å². The van der Waals surface area contributed by atoms with Gasteiger partial charge in [-0.25, -0.2) is 0 Å². The summed E-state index contributed by atoms with van der Waals surface area (Å²) in [6.45, 7) is 0. The molecule has 0 aliphatic heterocycles. The zero-order chi connectivity index (χ0) is 77.5. The number of thiophene rings is 2. The molecule has 0 saturated carbocycles. The molecule has 24 aromatic rings. The molecular formula is C114H70N2S2. The zero-order valence-corrected chi connectivity index (χ0v) is 65.8. The Bertz CT molecular complexity index is 8270. The highest BCUT2D eigenvalue weighted by Gasteiger charge is 2.26. The fourth-order valence-corrected chi connectivity index (χ4v) is 21.6. The number of nitrogens with zero attached hydrogens (tertiary/aromatic N) is 2. The van der Waals surface area contributed by atoms with Crippen molar-refractivity contribution in [1.82, 2.24) is 0 Å². The van der Waals surface area contributed by atoms with E-state index >= 15 is 0 Å². The molecule has 0 atom stereocenters. The molecule has 2 nitrogen and oxygen atoms in total. The Hall–Kier alpha value is -14.8. The first-order valence-electron chi connectivity index (χ1n) is 40.6. The molecule has 0 fully saturated rings. The Kier molecular flexibility index (Phi) is 15.8. The van der Waals surface area contributed by atoms with Gasteiger partial charge in [-0.05, 0) is 238 Å². The third kappa shape index (κ3) is 11.1.